The number of thiophene rings is 2. The first-order valence-electron chi connectivity index (χ1n) is 16.7. The first-order chi connectivity index (χ1) is 24.7. The minimum atomic E-state index is 0.739. The zero-order chi connectivity index (χ0) is 33.0. The van der Waals surface area contributed by atoms with Crippen LogP contribution in [0.4, 0.5) is 0 Å². The monoisotopic (exact) mass is 672 g/mol. The summed E-state index contributed by atoms with van der Waals surface area (Å²) < 4.78 is 3.79. The summed E-state index contributed by atoms with van der Waals surface area (Å²) in [5.74, 6) is 0.739. The van der Waals surface area contributed by atoms with Gasteiger partial charge in [0.1, 0.15) is 0 Å². The maximum Gasteiger partial charge on any atom is 0.161 e. The van der Waals surface area contributed by atoms with Crippen LogP contribution in [-0.2, 0) is 0 Å². The summed E-state index contributed by atoms with van der Waals surface area (Å²) in [4.78, 5) is 11.8. The highest BCUT2D eigenvalue weighted by Gasteiger charge is 2.16. The molecule has 50 heavy (non-hydrogen) atoms. The number of hydrogen-bond acceptors (Lipinski definition) is 4. The summed E-state index contributed by atoms with van der Waals surface area (Å²) in [6.45, 7) is 0. The maximum atomic E-state index is 5.28. The van der Waals surface area contributed by atoms with Gasteiger partial charge in [0.25, 0.3) is 0 Å². The summed E-state index contributed by atoms with van der Waals surface area (Å²) in [5, 5.41) is 6.18. The molecule has 3 heterocycles. The van der Waals surface area contributed by atoms with Crippen LogP contribution >= 0.6 is 22.7 Å². The van der Waals surface area contributed by atoms with Gasteiger partial charge in [-0.25, -0.2) is 9.97 Å². The highest BCUT2D eigenvalue weighted by atomic mass is 32.1. The van der Waals surface area contributed by atoms with Gasteiger partial charge in [-0.1, -0.05) is 127 Å². The first-order valence-corrected chi connectivity index (χ1v) is 18.4. The van der Waals surface area contributed by atoms with Gasteiger partial charge in [-0.15, -0.1) is 22.7 Å². The molecule has 0 radical (unpaired) electrons. The van der Waals surface area contributed by atoms with Gasteiger partial charge in [0.05, 0.1) is 11.4 Å². The van der Waals surface area contributed by atoms with Gasteiger partial charge in [0, 0.05) is 46.4 Å². The first kappa shape index (κ1) is 29.0. The van der Waals surface area contributed by atoms with E-state index in [9.17, 15) is 0 Å². The van der Waals surface area contributed by atoms with Crippen molar-refractivity contribution in [3.05, 3.63) is 170 Å². The molecule has 0 fully saturated rings. The van der Waals surface area contributed by atoms with E-state index in [-0.39, 0.29) is 0 Å². The van der Waals surface area contributed by atoms with Gasteiger partial charge in [-0.05, 0) is 75.3 Å². The van der Waals surface area contributed by atoms with Crippen molar-refractivity contribution in [1.29, 1.82) is 0 Å². The molecule has 7 aromatic carbocycles. The van der Waals surface area contributed by atoms with Crippen molar-refractivity contribution < 1.29 is 0 Å². The third-order valence-electron chi connectivity index (χ3n) is 9.51. The van der Waals surface area contributed by atoms with Crippen LogP contribution in [0.1, 0.15) is 0 Å². The zero-order valence-corrected chi connectivity index (χ0v) is 28.5. The second-order valence-corrected chi connectivity index (χ2v) is 14.7. The standard InChI is InChI=1S/C46H28N2S2/c1-2-9-29(10-3-1)32-21-22-34-26-35(24-23-33(34)25-32)41-28-40(30-17-19-31(20-18-30)44-27-36-11-4-6-15-42(36)49-44)47-46(48-41)39-14-8-13-38-37-12-5-7-16-43(37)50-45(38)39/h1-28H. The quantitative estimate of drug-likeness (QED) is 0.182. The highest BCUT2D eigenvalue weighted by Crippen LogP contribution is 2.40. The van der Waals surface area contributed by atoms with Gasteiger partial charge in [-0.2, -0.15) is 0 Å². The Morgan fingerprint density at radius 2 is 1.00 bits per heavy atom. The third kappa shape index (κ3) is 5.09. The fraction of sp³-hybridized carbons (Fsp3) is 0. The molecule has 0 saturated heterocycles. The summed E-state index contributed by atoms with van der Waals surface area (Å²) in [5.41, 5.74) is 8.66. The van der Waals surface area contributed by atoms with E-state index in [0.717, 1.165) is 33.9 Å². The van der Waals surface area contributed by atoms with Crippen molar-refractivity contribution in [2.24, 2.45) is 0 Å². The molecule has 0 unspecified atom stereocenters. The SMILES string of the molecule is c1ccc(-c2ccc3cc(-c4cc(-c5ccc(-c6cc7ccccc7s6)cc5)nc(-c5cccc6c5sc5ccccc56)n4)ccc3c2)cc1. The van der Waals surface area contributed by atoms with E-state index >= 15 is 0 Å². The lowest BCUT2D eigenvalue weighted by atomic mass is 9.98. The number of rotatable bonds is 5. The molecule has 0 aliphatic rings. The zero-order valence-electron chi connectivity index (χ0n) is 26.9. The van der Waals surface area contributed by atoms with Gasteiger partial charge in [0.15, 0.2) is 5.82 Å². The van der Waals surface area contributed by atoms with E-state index in [1.54, 1.807) is 0 Å². The minimum Gasteiger partial charge on any atom is -0.228 e. The Balaban J connectivity index is 1.11. The third-order valence-corrected chi connectivity index (χ3v) is 11.9. The Bertz CT molecular complexity index is 2830. The molecule has 4 heteroatoms. The largest absolute Gasteiger partial charge is 0.228 e. The minimum absolute atomic E-state index is 0.739. The average Bonchev–Trinajstić information content (AvgIpc) is 3.80. The predicted molar refractivity (Wildman–Crippen MR) is 215 cm³/mol. The van der Waals surface area contributed by atoms with Crippen molar-refractivity contribution >= 4 is 63.7 Å². The Morgan fingerprint density at radius 1 is 0.360 bits per heavy atom. The van der Waals surface area contributed by atoms with Crippen molar-refractivity contribution in [3.8, 4) is 55.5 Å². The van der Waals surface area contributed by atoms with E-state index < -0.39 is 0 Å². The van der Waals surface area contributed by atoms with E-state index in [1.807, 2.05) is 22.7 Å². The second kappa shape index (κ2) is 11.9. The molecule has 0 bridgehead atoms. The van der Waals surface area contributed by atoms with Gasteiger partial charge >= 0.3 is 0 Å². The molecular formula is C46H28N2S2. The van der Waals surface area contributed by atoms with Crippen molar-refractivity contribution in [1.82, 2.24) is 9.97 Å². The van der Waals surface area contributed by atoms with Crippen LogP contribution < -0.4 is 0 Å². The Kier molecular flexibility index (Phi) is 6.90. The van der Waals surface area contributed by atoms with Crippen molar-refractivity contribution in [2.75, 3.05) is 0 Å². The highest BCUT2D eigenvalue weighted by molar-refractivity contribution is 7.26. The molecule has 0 aliphatic heterocycles. The number of aromatic nitrogens is 2. The molecule has 0 atom stereocenters. The smallest absolute Gasteiger partial charge is 0.161 e. The lowest BCUT2D eigenvalue weighted by Crippen LogP contribution is -1.96. The Morgan fingerprint density at radius 3 is 1.82 bits per heavy atom. The van der Waals surface area contributed by atoms with Crippen LogP contribution in [-0.4, -0.2) is 9.97 Å². The Labute approximate surface area is 297 Å². The van der Waals surface area contributed by atoms with Crippen LogP contribution in [0.3, 0.4) is 0 Å². The molecule has 2 nitrogen and oxygen atoms in total. The van der Waals surface area contributed by atoms with E-state index in [1.165, 1.54) is 62.6 Å². The van der Waals surface area contributed by atoms with Crippen LogP contribution in [0.15, 0.2) is 170 Å². The van der Waals surface area contributed by atoms with E-state index in [0.29, 0.717) is 0 Å². The summed E-state index contributed by atoms with van der Waals surface area (Å²) >= 11 is 3.64. The summed E-state index contributed by atoms with van der Waals surface area (Å²) in [6.07, 6.45) is 0. The van der Waals surface area contributed by atoms with E-state index in [2.05, 4.69) is 170 Å². The van der Waals surface area contributed by atoms with Crippen molar-refractivity contribution in [3.63, 3.8) is 0 Å². The molecule has 0 spiro atoms. The number of nitrogens with zero attached hydrogens (tertiary/aromatic N) is 2. The number of benzene rings is 7. The van der Waals surface area contributed by atoms with Crippen LogP contribution in [0.2, 0.25) is 0 Å². The maximum absolute atomic E-state index is 5.28. The topological polar surface area (TPSA) is 25.8 Å². The fourth-order valence-corrected chi connectivity index (χ4v) is 9.21. The summed E-state index contributed by atoms with van der Waals surface area (Å²) in [6, 6.07) is 60.9. The van der Waals surface area contributed by atoms with Crippen LogP contribution in [0.25, 0.3) is 96.5 Å². The Hall–Kier alpha value is -5.94. The molecule has 10 aromatic rings. The molecular weight excluding hydrogens is 645 g/mol. The number of fused-ring (bicyclic) bond motifs is 5. The second-order valence-electron chi connectivity index (χ2n) is 12.6. The molecule has 10 rings (SSSR count). The lowest BCUT2D eigenvalue weighted by Gasteiger charge is -2.11. The normalized spacial score (nSPS) is 11.6. The van der Waals surface area contributed by atoms with Gasteiger partial charge in [-0.3, -0.25) is 0 Å². The predicted octanol–water partition coefficient (Wildman–Crippen LogP) is 13.5. The number of hydrogen-bond donors (Lipinski definition) is 0. The van der Waals surface area contributed by atoms with Gasteiger partial charge in [0.2, 0.25) is 0 Å². The molecule has 0 amide bonds. The van der Waals surface area contributed by atoms with E-state index in [4.69, 9.17) is 9.97 Å². The summed E-state index contributed by atoms with van der Waals surface area (Å²) in [7, 11) is 0. The van der Waals surface area contributed by atoms with Gasteiger partial charge < -0.3 is 0 Å². The fourth-order valence-electron chi connectivity index (χ4n) is 6.93. The molecule has 3 aromatic heterocycles. The van der Waals surface area contributed by atoms with Crippen LogP contribution in [0.5, 0.6) is 0 Å². The molecule has 0 N–H and O–H groups in total. The van der Waals surface area contributed by atoms with Crippen molar-refractivity contribution in [2.45, 2.75) is 0 Å². The molecule has 234 valence electrons. The molecule has 0 saturated carbocycles. The average molecular weight is 673 g/mol. The lowest BCUT2D eigenvalue weighted by molar-refractivity contribution is 1.19. The van der Waals surface area contributed by atoms with Crippen LogP contribution in [0, 0.1) is 0 Å². The molecule has 0 aliphatic carbocycles.